The third-order valence-corrected chi connectivity index (χ3v) is 47.4. The summed E-state index contributed by atoms with van der Waals surface area (Å²) < 4.78 is 5.71. The first-order valence-corrected chi connectivity index (χ1v) is 67.2. The average Bonchev–Trinajstić information content (AvgIpc) is 1.59. The highest BCUT2D eigenvalue weighted by Gasteiger charge is 2.32. The smallest absolute Gasteiger partial charge is 0.160 e. The molecule has 0 saturated carbocycles. The van der Waals surface area contributed by atoms with E-state index in [4.69, 9.17) is 0 Å². The van der Waals surface area contributed by atoms with E-state index in [1.807, 2.05) is 45.3 Å². The standard InChI is InChI=1S/C126H158O2S14/c1-13-25-33-37-41-45-53-87-73-95(81-127)133-119(87)105-65-67-107(135-105)121-89(55-47-43-39-35-27-15-3)75-109(137-121)111-77-97-115(101-61-57-91(129-101)69-83(21-9)49-29-17-5)125-99(117(123(97)139-111)103-63-59-93(131-103)71-85(23-11)51-31-19-7)79-113(141-125)114-80-100-118(104-64-60-94(132-104)72-86(24-12)52-32-20-8)124-98(116(126(100)142-114)102-62-58-92(130-102)70-84(22-10)50-30-18-6)78-112(140-124)110-76-90(56-48-44-40-36-28-16-4)122(138-110)108-68-66-106(136-108)120-88(74-96(82-128)134-120)54-46-42-38-34-26-14-2/h57-68,73-86H,13-56,69-72H2,1-12H3. The van der Waals surface area contributed by atoms with Crippen LogP contribution in [-0.2, 0) is 51.4 Å². The fourth-order valence-electron chi connectivity index (χ4n) is 21.6. The number of aldehydes is 2. The van der Waals surface area contributed by atoms with Crippen molar-refractivity contribution >= 4 is 212 Å². The zero-order chi connectivity index (χ0) is 98.8. The monoisotopic (exact) mass is 2150 g/mol. The molecule has 4 unspecified atom stereocenters. The van der Waals surface area contributed by atoms with Crippen molar-refractivity contribution in [3.8, 4) is 110 Å². The first-order valence-electron chi connectivity index (χ1n) is 55.8. The van der Waals surface area contributed by atoms with Gasteiger partial charge >= 0.3 is 0 Å². The van der Waals surface area contributed by atoms with E-state index in [2.05, 4.69) is 295 Å². The molecule has 0 aliphatic rings. The van der Waals surface area contributed by atoms with E-state index < -0.39 is 0 Å². The molecule has 0 aliphatic heterocycles. The summed E-state index contributed by atoms with van der Waals surface area (Å²) in [6.07, 6.45) is 61.3. The highest BCUT2D eigenvalue weighted by molar-refractivity contribution is 7.33. The van der Waals surface area contributed by atoms with Gasteiger partial charge in [-0.05, 0) is 244 Å². The lowest BCUT2D eigenvalue weighted by atomic mass is 9.95. The predicted molar refractivity (Wildman–Crippen MR) is 654 cm³/mol. The van der Waals surface area contributed by atoms with Crippen molar-refractivity contribution in [3.05, 3.63) is 173 Å². The summed E-state index contributed by atoms with van der Waals surface area (Å²) >= 11 is 28.1. The van der Waals surface area contributed by atoms with Gasteiger partial charge in [0, 0.05) is 170 Å². The Bertz CT molecular complexity index is 6000. The van der Waals surface area contributed by atoms with Crippen LogP contribution in [0, 0.1) is 23.7 Å². The van der Waals surface area contributed by atoms with Crippen LogP contribution in [0.3, 0.4) is 0 Å². The largest absolute Gasteiger partial charge is 0.297 e. The van der Waals surface area contributed by atoms with Crippen molar-refractivity contribution in [2.45, 2.75) is 391 Å². The van der Waals surface area contributed by atoms with Gasteiger partial charge in [0.05, 0.1) is 9.75 Å². The number of thiophene rings is 14. The van der Waals surface area contributed by atoms with Gasteiger partial charge < -0.3 is 0 Å². The molecular formula is C126H158O2S14. The average molecular weight is 2150 g/mol. The van der Waals surface area contributed by atoms with E-state index in [-0.39, 0.29) is 0 Å². The lowest BCUT2D eigenvalue weighted by Gasteiger charge is -2.13. The zero-order valence-corrected chi connectivity index (χ0v) is 98.9. The number of unbranched alkanes of at least 4 members (excludes halogenated alkanes) is 24. The molecule has 0 amide bonds. The number of carbonyl (C=O) groups excluding carboxylic acids is 2. The Morgan fingerprint density at radius 1 is 0.204 bits per heavy atom. The summed E-state index contributed by atoms with van der Waals surface area (Å²) in [5, 5.41) is 5.63. The van der Waals surface area contributed by atoms with Crippen molar-refractivity contribution in [2.24, 2.45) is 23.7 Å². The second-order valence-electron chi connectivity index (χ2n) is 41.0. The maximum Gasteiger partial charge on any atom is 0.160 e. The van der Waals surface area contributed by atoms with Gasteiger partial charge in [0.2, 0.25) is 0 Å². The Labute approximate surface area is 909 Å². The van der Waals surface area contributed by atoms with Crippen LogP contribution >= 0.6 is 159 Å². The lowest BCUT2D eigenvalue weighted by Crippen LogP contribution is -2.01. The normalized spacial score (nSPS) is 13.0. The molecule has 0 saturated heterocycles. The van der Waals surface area contributed by atoms with Crippen LogP contribution in [0.25, 0.3) is 150 Å². The third-order valence-electron chi connectivity index (χ3n) is 30.2. The fraction of sp³-hybridized carbons (Fsp3) is 0.508. The maximum absolute atomic E-state index is 12.6. The Hall–Kier alpha value is -5.38. The van der Waals surface area contributed by atoms with E-state index in [0.717, 1.165) is 73.7 Å². The van der Waals surface area contributed by atoms with Gasteiger partial charge in [-0.3, -0.25) is 9.59 Å². The molecule has 14 aromatic heterocycles. The van der Waals surface area contributed by atoms with Crippen molar-refractivity contribution in [3.63, 3.8) is 0 Å². The van der Waals surface area contributed by atoms with Crippen molar-refractivity contribution < 1.29 is 9.59 Å². The van der Waals surface area contributed by atoms with E-state index in [9.17, 15) is 9.59 Å². The molecule has 0 fully saturated rings. The molecular weight excluding hydrogens is 1990 g/mol. The molecule has 16 rings (SSSR count). The predicted octanol–water partition coefficient (Wildman–Crippen LogP) is 47.8. The van der Waals surface area contributed by atoms with Crippen LogP contribution in [0.4, 0.5) is 0 Å². The Kier molecular flexibility index (Phi) is 42.6. The van der Waals surface area contributed by atoms with Crippen LogP contribution in [-0.4, -0.2) is 12.6 Å². The minimum absolute atomic E-state index is 0.665. The summed E-state index contributed by atoms with van der Waals surface area (Å²) in [4.78, 5) is 57.8. The van der Waals surface area contributed by atoms with Gasteiger partial charge in [-0.2, -0.15) is 0 Å². The fourth-order valence-corrected chi connectivity index (χ4v) is 38.9. The summed E-state index contributed by atoms with van der Waals surface area (Å²) in [7, 11) is 0. The number of fused-ring (bicyclic) bond motifs is 4. The first-order chi connectivity index (χ1) is 69.7. The second-order valence-corrected chi connectivity index (χ2v) is 56.4. The van der Waals surface area contributed by atoms with Gasteiger partial charge in [0.1, 0.15) is 0 Å². The van der Waals surface area contributed by atoms with Crippen LogP contribution in [0.2, 0.25) is 0 Å². The summed E-state index contributed by atoms with van der Waals surface area (Å²) in [5.41, 5.74) is 11.4. The molecule has 0 spiro atoms. The zero-order valence-electron chi connectivity index (χ0n) is 87.5. The molecule has 2 aromatic carbocycles. The minimum Gasteiger partial charge on any atom is -0.297 e. The molecule has 0 N–H and O–H groups in total. The number of rotatable bonds is 65. The van der Waals surface area contributed by atoms with Gasteiger partial charge in [-0.25, -0.2) is 0 Å². The van der Waals surface area contributed by atoms with E-state index in [1.165, 1.54) is 449 Å². The number of aryl methyl sites for hydroxylation is 4. The van der Waals surface area contributed by atoms with E-state index in [1.54, 1.807) is 22.7 Å². The minimum atomic E-state index is 0.665. The first kappa shape index (κ1) is 109. The molecule has 0 bridgehead atoms. The quantitative estimate of drug-likeness (QED) is 0.0281. The van der Waals surface area contributed by atoms with Gasteiger partial charge in [-0.15, -0.1) is 159 Å². The van der Waals surface area contributed by atoms with Gasteiger partial charge in [0.25, 0.3) is 0 Å². The molecule has 4 atom stereocenters. The Morgan fingerprint density at radius 2 is 0.423 bits per heavy atom. The molecule has 2 nitrogen and oxygen atoms in total. The molecule has 0 aliphatic carbocycles. The molecule has 14 heterocycles. The van der Waals surface area contributed by atoms with Crippen molar-refractivity contribution in [1.29, 1.82) is 0 Å². The van der Waals surface area contributed by atoms with Crippen molar-refractivity contribution in [1.82, 2.24) is 0 Å². The summed E-state index contributed by atoms with van der Waals surface area (Å²) in [6, 6.07) is 50.6. The van der Waals surface area contributed by atoms with E-state index in [0.29, 0.717) is 23.7 Å². The molecule has 16 heteroatoms. The van der Waals surface area contributed by atoms with Crippen molar-refractivity contribution in [2.75, 3.05) is 0 Å². The van der Waals surface area contributed by atoms with Crippen LogP contribution in [0.15, 0.2) is 121 Å². The molecule has 142 heavy (non-hydrogen) atoms. The van der Waals surface area contributed by atoms with Crippen LogP contribution in [0.1, 0.15) is 401 Å². The highest BCUT2D eigenvalue weighted by Crippen LogP contribution is 2.61. The van der Waals surface area contributed by atoms with Crippen LogP contribution < -0.4 is 0 Å². The second kappa shape index (κ2) is 55.4. The highest BCUT2D eigenvalue weighted by atomic mass is 32.2. The van der Waals surface area contributed by atoms with Gasteiger partial charge in [0.15, 0.2) is 12.6 Å². The maximum atomic E-state index is 12.6. The summed E-state index contributed by atoms with van der Waals surface area (Å²) in [5.74, 6) is 2.66. The lowest BCUT2D eigenvalue weighted by molar-refractivity contribution is 0.111. The molecule has 758 valence electrons. The topological polar surface area (TPSA) is 34.1 Å². The Morgan fingerprint density at radius 3 is 0.662 bits per heavy atom. The number of hydrogen-bond donors (Lipinski definition) is 0. The van der Waals surface area contributed by atoms with Crippen LogP contribution in [0.5, 0.6) is 0 Å². The number of carbonyl (C=O) groups is 2. The van der Waals surface area contributed by atoms with E-state index >= 15 is 0 Å². The summed E-state index contributed by atoms with van der Waals surface area (Å²) in [6.45, 7) is 28.5. The number of hydrogen-bond acceptors (Lipinski definition) is 16. The molecule has 16 aromatic rings. The third kappa shape index (κ3) is 27.3. The number of benzene rings is 2. The SMILES string of the molecule is CCCCCCCCc1cc(C=O)sc1-c1ccc(-c2sc(-c3cc4c(-c5ccc(CC(CC)CCCC)s5)c5sc(-c6cc7c(-c8ccc(CC(CC)CCCC)s8)c8sc(-c9cc(CCCCCCCC)c(-c%10ccc(-c%11sc(C=O)cc%11CCCCCCCC)s%10)s9)cc8c(-c8ccc(CC(CC)CCCC)s8)c7s6)cc5c(-c5ccc(CC(CC)CCCC)s5)c4s3)cc2CCCCCCCC)s1. The molecule has 0 radical (unpaired) electrons. The van der Waals surface area contributed by atoms with Gasteiger partial charge in [-0.1, -0.05) is 314 Å². The Balaban J connectivity index is 0.901.